The second-order valence-electron chi connectivity index (χ2n) is 7.60. The number of halogens is 1. The van der Waals surface area contributed by atoms with Gasteiger partial charge in [-0.05, 0) is 87.1 Å². The molecular formula is C21H27FN2O4S2. The minimum absolute atomic E-state index is 0.0159. The molecule has 3 rings (SSSR count). The number of rotatable bonds is 8. The van der Waals surface area contributed by atoms with Gasteiger partial charge in [-0.15, -0.1) is 0 Å². The Hall–Kier alpha value is -1.97. The van der Waals surface area contributed by atoms with Gasteiger partial charge in [0.25, 0.3) is 0 Å². The Morgan fingerprint density at radius 1 is 0.867 bits per heavy atom. The van der Waals surface area contributed by atoms with Crippen LogP contribution in [0.1, 0.15) is 32.6 Å². The first-order chi connectivity index (χ1) is 14.2. The molecule has 1 saturated carbocycles. The van der Waals surface area contributed by atoms with Gasteiger partial charge in [0.15, 0.2) is 0 Å². The van der Waals surface area contributed by atoms with Crippen molar-refractivity contribution in [3.63, 3.8) is 0 Å². The predicted molar refractivity (Wildman–Crippen MR) is 115 cm³/mol. The second kappa shape index (κ2) is 9.45. The molecule has 9 heteroatoms. The van der Waals surface area contributed by atoms with Crippen LogP contribution in [0.3, 0.4) is 0 Å². The molecule has 30 heavy (non-hydrogen) atoms. The summed E-state index contributed by atoms with van der Waals surface area (Å²) in [6, 6.07) is 11.3. The van der Waals surface area contributed by atoms with E-state index in [1.54, 1.807) is 19.1 Å². The number of hydrogen-bond acceptors (Lipinski definition) is 5. The lowest BCUT2D eigenvalue weighted by Crippen LogP contribution is -2.39. The highest BCUT2D eigenvalue weighted by molar-refractivity contribution is 7.91. The van der Waals surface area contributed by atoms with Crippen LogP contribution in [0.2, 0.25) is 0 Å². The number of sulfone groups is 1. The lowest BCUT2D eigenvalue weighted by molar-refractivity contribution is 0.324. The Bertz CT molecular complexity index is 1050. The third kappa shape index (κ3) is 5.80. The summed E-state index contributed by atoms with van der Waals surface area (Å²) in [6.45, 7) is 2.38. The second-order valence-corrected chi connectivity index (χ2v) is 11.6. The SMILES string of the molecule is CCS(=O)(=O)N[C@H]1CC[C@H](CNc2ccc(S(=O)(=O)c3ccc(F)cc3)cc2)CC1. The van der Waals surface area contributed by atoms with Gasteiger partial charge in [-0.25, -0.2) is 25.9 Å². The van der Waals surface area contributed by atoms with Crippen LogP contribution in [-0.4, -0.2) is 35.2 Å². The van der Waals surface area contributed by atoms with E-state index in [0.717, 1.165) is 50.0 Å². The van der Waals surface area contributed by atoms with E-state index in [1.807, 2.05) is 0 Å². The molecule has 2 aromatic carbocycles. The van der Waals surface area contributed by atoms with E-state index in [1.165, 1.54) is 24.3 Å². The summed E-state index contributed by atoms with van der Waals surface area (Å²) >= 11 is 0. The van der Waals surface area contributed by atoms with Crippen molar-refractivity contribution in [3.05, 3.63) is 54.3 Å². The zero-order valence-corrected chi connectivity index (χ0v) is 18.5. The van der Waals surface area contributed by atoms with E-state index >= 15 is 0 Å². The molecule has 1 fully saturated rings. The highest BCUT2D eigenvalue weighted by Crippen LogP contribution is 2.26. The lowest BCUT2D eigenvalue weighted by Gasteiger charge is -2.29. The predicted octanol–water partition coefficient (Wildman–Crippen LogP) is 3.57. The smallest absolute Gasteiger partial charge is 0.211 e. The number of sulfonamides is 1. The summed E-state index contributed by atoms with van der Waals surface area (Å²) in [6.07, 6.45) is 3.50. The maximum atomic E-state index is 13.0. The third-order valence-corrected chi connectivity index (χ3v) is 8.69. The summed E-state index contributed by atoms with van der Waals surface area (Å²) in [5, 5.41) is 3.33. The van der Waals surface area contributed by atoms with Crippen LogP contribution in [0.25, 0.3) is 0 Å². The molecule has 0 spiro atoms. The molecule has 2 N–H and O–H groups in total. The quantitative estimate of drug-likeness (QED) is 0.595. The topological polar surface area (TPSA) is 92.3 Å². The fourth-order valence-electron chi connectivity index (χ4n) is 3.59. The molecule has 1 aliphatic carbocycles. The van der Waals surface area contributed by atoms with Crippen molar-refractivity contribution in [1.29, 1.82) is 0 Å². The van der Waals surface area contributed by atoms with Crippen molar-refractivity contribution in [3.8, 4) is 0 Å². The molecule has 0 aliphatic heterocycles. The number of benzene rings is 2. The van der Waals surface area contributed by atoms with E-state index in [4.69, 9.17) is 0 Å². The molecule has 0 atom stereocenters. The van der Waals surface area contributed by atoms with Crippen LogP contribution in [0.5, 0.6) is 0 Å². The maximum absolute atomic E-state index is 13.0. The Balaban J connectivity index is 1.53. The highest BCUT2D eigenvalue weighted by Gasteiger charge is 2.24. The molecule has 1 aliphatic rings. The summed E-state index contributed by atoms with van der Waals surface area (Å²) in [4.78, 5) is 0.212. The van der Waals surface area contributed by atoms with E-state index in [9.17, 15) is 21.2 Å². The van der Waals surface area contributed by atoms with Crippen LogP contribution in [0.15, 0.2) is 58.3 Å². The zero-order valence-electron chi connectivity index (χ0n) is 16.8. The van der Waals surface area contributed by atoms with Crippen molar-refractivity contribution in [2.75, 3.05) is 17.6 Å². The molecule has 0 radical (unpaired) electrons. The van der Waals surface area contributed by atoms with Crippen LogP contribution >= 0.6 is 0 Å². The van der Waals surface area contributed by atoms with Crippen molar-refractivity contribution < 1.29 is 21.2 Å². The summed E-state index contributed by atoms with van der Waals surface area (Å²) in [5.41, 5.74) is 0.821. The first kappa shape index (κ1) is 22.7. The fraction of sp³-hybridized carbons (Fsp3) is 0.429. The van der Waals surface area contributed by atoms with Gasteiger partial charge in [0.1, 0.15) is 5.82 Å². The van der Waals surface area contributed by atoms with Crippen LogP contribution < -0.4 is 10.0 Å². The molecular weight excluding hydrogens is 427 g/mol. The van der Waals surface area contributed by atoms with Gasteiger partial charge >= 0.3 is 0 Å². The standard InChI is InChI=1S/C21H27FN2O4S2/c1-2-29(25,26)24-19-7-3-16(4-8-19)15-23-18-9-13-21(14-10-18)30(27,28)20-11-5-17(22)6-12-20/h5-6,9-14,16,19,23-24H,2-4,7-8,15H2,1H3/t16-,19-. The normalized spacial score (nSPS) is 20.1. The summed E-state index contributed by atoms with van der Waals surface area (Å²) in [5.74, 6) is 0.0572. The number of hydrogen-bond donors (Lipinski definition) is 2. The van der Waals surface area contributed by atoms with Crippen molar-refractivity contribution in [2.24, 2.45) is 5.92 Å². The Labute approximate surface area is 177 Å². The Kier molecular flexibility index (Phi) is 7.15. The fourth-order valence-corrected chi connectivity index (χ4v) is 5.76. The van der Waals surface area contributed by atoms with Crippen LogP contribution in [0, 0.1) is 11.7 Å². The molecule has 0 saturated heterocycles. The Morgan fingerprint density at radius 2 is 1.40 bits per heavy atom. The van der Waals surface area contributed by atoms with E-state index in [-0.39, 0.29) is 21.6 Å². The van der Waals surface area contributed by atoms with E-state index < -0.39 is 25.7 Å². The monoisotopic (exact) mass is 454 g/mol. The molecule has 0 unspecified atom stereocenters. The Morgan fingerprint density at radius 3 is 1.93 bits per heavy atom. The average molecular weight is 455 g/mol. The van der Waals surface area contributed by atoms with Gasteiger partial charge in [-0.2, -0.15) is 0 Å². The van der Waals surface area contributed by atoms with Crippen molar-refractivity contribution in [2.45, 2.75) is 48.4 Å². The van der Waals surface area contributed by atoms with Gasteiger partial charge in [-0.3, -0.25) is 0 Å². The van der Waals surface area contributed by atoms with Gasteiger partial charge in [0, 0.05) is 18.3 Å². The number of anilines is 1. The molecule has 2 aromatic rings. The van der Waals surface area contributed by atoms with Gasteiger partial charge in [-0.1, -0.05) is 0 Å². The van der Waals surface area contributed by atoms with Gasteiger partial charge < -0.3 is 5.32 Å². The third-order valence-electron chi connectivity index (χ3n) is 5.46. The maximum Gasteiger partial charge on any atom is 0.211 e. The molecule has 164 valence electrons. The first-order valence-electron chi connectivity index (χ1n) is 10.0. The molecule has 0 bridgehead atoms. The highest BCUT2D eigenvalue weighted by atomic mass is 32.2. The van der Waals surface area contributed by atoms with Gasteiger partial charge in [0.05, 0.1) is 15.5 Å². The lowest BCUT2D eigenvalue weighted by atomic mass is 9.86. The molecule has 0 aromatic heterocycles. The molecule has 6 nitrogen and oxygen atoms in total. The summed E-state index contributed by atoms with van der Waals surface area (Å²) in [7, 11) is -6.85. The van der Waals surface area contributed by atoms with Gasteiger partial charge in [0.2, 0.25) is 19.9 Å². The zero-order chi connectivity index (χ0) is 21.8. The summed E-state index contributed by atoms with van der Waals surface area (Å²) < 4.78 is 64.4. The average Bonchev–Trinajstić information content (AvgIpc) is 2.74. The molecule has 0 heterocycles. The first-order valence-corrected chi connectivity index (χ1v) is 13.2. The van der Waals surface area contributed by atoms with E-state index in [0.29, 0.717) is 5.92 Å². The number of nitrogens with one attached hydrogen (secondary N) is 2. The van der Waals surface area contributed by atoms with Crippen LogP contribution in [0.4, 0.5) is 10.1 Å². The minimum Gasteiger partial charge on any atom is -0.385 e. The van der Waals surface area contributed by atoms with Crippen molar-refractivity contribution >= 4 is 25.5 Å². The van der Waals surface area contributed by atoms with Crippen LogP contribution in [-0.2, 0) is 19.9 Å². The molecule has 0 amide bonds. The minimum atomic E-state index is -3.68. The largest absolute Gasteiger partial charge is 0.385 e. The van der Waals surface area contributed by atoms with Crippen molar-refractivity contribution in [1.82, 2.24) is 4.72 Å². The van der Waals surface area contributed by atoms with E-state index in [2.05, 4.69) is 10.0 Å².